The molecule has 2 aromatic heterocycles. The third-order valence-corrected chi connectivity index (χ3v) is 4.98. The van der Waals surface area contributed by atoms with Crippen molar-refractivity contribution >= 4 is 16.8 Å². The molecule has 2 atom stereocenters. The number of hydrogen-bond donors (Lipinski definition) is 1. The lowest BCUT2D eigenvalue weighted by Gasteiger charge is -2.16. The molecule has 1 fully saturated rings. The van der Waals surface area contributed by atoms with Crippen molar-refractivity contribution in [1.82, 2.24) is 24.9 Å². The molecule has 7 nitrogen and oxygen atoms in total. The van der Waals surface area contributed by atoms with Crippen LogP contribution in [0.1, 0.15) is 18.0 Å². The summed E-state index contributed by atoms with van der Waals surface area (Å²) in [4.78, 5) is 14.5. The number of ether oxygens (including phenoxy) is 1. The van der Waals surface area contributed by atoms with Crippen LogP contribution in [0.2, 0.25) is 0 Å². The average molecular weight is 339 g/mol. The van der Waals surface area contributed by atoms with E-state index in [1.54, 1.807) is 13.3 Å². The Morgan fingerprint density at radius 1 is 1.32 bits per heavy atom. The Hall–Kier alpha value is -2.67. The number of benzene rings is 1. The molecule has 0 saturated carbocycles. The van der Waals surface area contributed by atoms with E-state index in [0.717, 1.165) is 11.2 Å². The summed E-state index contributed by atoms with van der Waals surface area (Å²) >= 11 is 0. The van der Waals surface area contributed by atoms with Crippen LogP contribution in [0.5, 0.6) is 0 Å². The highest BCUT2D eigenvalue weighted by Crippen LogP contribution is 2.28. The van der Waals surface area contributed by atoms with E-state index in [0.29, 0.717) is 26.1 Å². The zero-order chi connectivity index (χ0) is 17.2. The van der Waals surface area contributed by atoms with E-state index in [4.69, 9.17) is 4.74 Å². The third kappa shape index (κ3) is 3.02. The summed E-state index contributed by atoms with van der Waals surface area (Å²) in [7, 11) is 1.68. The van der Waals surface area contributed by atoms with Crippen LogP contribution in [0.3, 0.4) is 0 Å². The zero-order valence-electron chi connectivity index (χ0n) is 14.1. The topological polar surface area (TPSA) is 76.0 Å². The van der Waals surface area contributed by atoms with Gasteiger partial charge in [-0.15, -0.1) is 0 Å². The molecule has 130 valence electrons. The first-order chi connectivity index (χ1) is 12.3. The number of aryl methyl sites for hydroxylation is 1. The minimum absolute atomic E-state index is 0.0403. The second kappa shape index (κ2) is 6.68. The van der Waals surface area contributed by atoms with Crippen molar-refractivity contribution < 1.29 is 9.53 Å². The fourth-order valence-electron chi connectivity index (χ4n) is 3.60. The van der Waals surface area contributed by atoms with Crippen molar-refractivity contribution in [3.8, 4) is 0 Å². The van der Waals surface area contributed by atoms with Gasteiger partial charge in [0.15, 0.2) is 0 Å². The molecule has 0 spiro atoms. The molecule has 1 aliphatic heterocycles. The van der Waals surface area contributed by atoms with E-state index in [2.05, 4.69) is 38.2 Å². The first kappa shape index (κ1) is 15.8. The molecule has 1 N–H and O–H groups in total. The van der Waals surface area contributed by atoms with Crippen LogP contribution in [0.15, 0.2) is 42.7 Å². The van der Waals surface area contributed by atoms with Gasteiger partial charge in [0, 0.05) is 44.9 Å². The molecular weight excluding hydrogens is 318 g/mol. The Bertz CT molecular complexity index is 857. The van der Waals surface area contributed by atoms with Gasteiger partial charge in [-0.05, 0) is 17.5 Å². The van der Waals surface area contributed by atoms with E-state index in [1.165, 1.54) is 5.39 Å². The summed E-state index contributed by atoms with van der Waals surface area (Å²) in [5.74, 6) is 0.214. The number of likely N-dealkylation sites (tertiary alicyclic amines) is 1. The van der Waals surface area contributed by atoms with Crippen LogP contribution in [-0.2, 0) is 16.1 Å². The molecule has 1 amide bonds. The number of aromatic amines is 1. The van der Waals surface area contributed by atoms with Gasteiger partial charge in [0.1, 0.15) is 0 Å². The Labute approximate surface area is 145 Å². The van der Waals surface area contributed by atoms with E-state index < -0.39 is 0 Å². The van der Waals surface area contributed by atoms with Crippen LogP contribution >= 0.6 is 0 Å². The van der Waals surface area contributed by atoms with Crippen molar-refractivity contribution in [2.45, 2.75) is 25.0 Å². The quantitative estimate of drug-likeness (QED) is 0.769. The monoisotopic (exact) mass is 339 g/mol. The van der Waals surface area contributed by atoms with Gasteiger partial charge >= 0.3 is 0 Å². The smallest absolute Gasteiger partial charge is 0.224 e. The van der Waals surface area contributed by atoms with Crippen LogP contribution < -0.4 is 0 Å². The number of para-hydroxylation sites is 1. The van der Waals surface area contributed by atoms with Crippen LogP contribution in [-0.4, -0.2) is 57.1 Å². The molecule has 1 saturated heterocycles. The van der Waals surface area contributed by atoms with Crippen molar-refractivity contribution in [3.63, 3.8) is 0 Å². The number of carbonyl (C=O) groups is 1. The Morgan fingerprint density at radius 2 is 2.20 bits per heavy atom. The minimum Gasteiger partial charge on any atom is -0.379 e. The number of H-pyrrole nitrogens is 1. The average Bonchev–Trinajstić information content (AvgIpc) is 3.37. The maximum Gasteiger partial charge on any atom is 0.224 e. The number of hydrogen-bond acceptors (Lipinski definition) is 4. The molecule has 0 unspecified atom stereocenters. The van der Waals surface area contributed by atoms with Gasteiger partial charge < -0.3 is 14.2 Å². The van der Waals surface area contributed by atoms with Crippen molar-refractivity contribution in [3.05, 3.63) is 48.4 Å². The number of amides is 1. The molecular formula is C18H21N5O2. The van der Waals surface area contributed by atoms with Gasteiger partial charge in [-0.25, -0.2) is 0 Å². The standard InChI is InChI=1S/C18H21N5O2/c1-25-17-12-23(11-14(17)15-10-19-21-20-15)18(24)7-9-22-8-6-13-4-2-3-5-16(13)22/h2-6,8,10,14,17H,7,9,11-12H2,1H3,(H,19,20,21)/t14-,17+/m0/s1. The lowest BCUT2D eigenvalue weighted by Crippen LogP contribution is -2.30. The van der Waals surface area contributed by atoms with Gasteiger partial charge in [0.25, 0.3) is 0 Å². The summed E-state index contributed by atoms with van der Waals surface area (Å²) in [6.45, 7) is 1.89. The van der Waals surface area contributed by atoms with Gasteiger partial charge in [-0.2, -0.15) is 15.4 Å². The molecule has 1 aromatic carbocycles. The number of nitrogens with zero attached hydrogens (tertiary/aromatic N) is 4. The first-order valence-electron chi connectivity index (χ1n) is 8.46. The number of rotatable bonds is 5. The number of methoxy groups -OCH3 is 1. The summed E-state index contributed by atoms with van der Waals surface area (Å²) in [5.41, 5.74) is 2.01. The second-order valence-electron chi connectivity index (χ2n) is 6.39. The van der Waals surface area contributed by atoms with E-state index >= 15 is 0 Å². The Morgan fingerprint density at radius 3 is 3.00 bits per heavy atom. The fraction of sp³-hybridized carbons (Fsp3) is 0.389. The summed E-state index contributed by atoms with van der Waals surface area (Å²) in [6, 6.07) is 10.3. The second-order valence-corrected chi connectivity index (χ2v) is 6.39. The van der Waals surface area contributed by atoms with Crippen LogP contribution in [0.4, 0.5) is 0 Å². The summed E-state index contributed by atoms with van der Waals surface area (Å²) in [5, 5.41) is 11.8. The Balaban J connectivity index is 1.41. The lowest BCUT2D eigenvalue weighted by molar-refractivity contribution is -0.130. The van der Waals surface area contributed by atoms with E-state index in [9.17, 15) is 4.79 Å². The highest BCUT2D eigenvalue weighted by molar-refractivity contribution is 5.80. The van der Waals surface area contributed by atoms with Crippen molar-refractivity contribution in [2.75, 3.05) is 20.2 Å². The van der Waals surface area contributed by atoms with Gasteiger partial charge in [-0.1, -0.05) is 18.2 Å². The maximum atomic E-state index is 12.7. The zero-order valence-corrected chi connectivity index (χ0v) is 14.1. The maximum absolute atomic E-state index is 12.7. The molecule has 4 rings (SSSR count). The number of aromatic nitrogens is 4. The normalized spacial score (nSPS) is 20.4. The van der Waals surface area contributed by atoms with E-state index in [-0.39, 0.29) is 17.9 Å². The summed E-state index contributed by atoms with van der Waals surface area (Å²) < 4.78 is 7.69. The molecule has 0 aliphatic carbocycles. The third-order valence-electron chi connectivity index (χ3n) is 4.98. The van der Waals surface area contributed by atoms with E-state index in [1.807, 2.05) is 23.2 Å². The highest BCUT2D eigenvalue weighted by Gasteiger charge is 2.37. The molecule has 3 aromatic rings. The van der Waals surface area contributed by atoms with Crippen LogP contribution in [0.25, 0.3) is 10.9 Å². The molecule has 3 heterocycles. The van der Waals surface area contributed by atoms with Gasteiger partial charge in [0.05, 0.1) is 23.9 Å². The van der Waals surface area contributed by atoms with Crippen molar-refractivity contribution in [2.24, 2.45) is 0 Å². The predicted molar refractivity (Wildman–Crippen MR) is 93.1 cm³/mol. The highest BCUT2D eigenvalue weighted by atomic mass is 16.5. The minimum atomic E-state index is -0.0403. The van der Waals surface area contributed by atoms with Gasteiger partial charge in [-0.3, -0.25) is 4.79 Å². The molecule has 25 heavy (non-hydrogen) atoms. The first-order valence-corrected chi connectivity index (χ1v) is 8.46. The lowest BCUT2D eigenvalue weighted by atomic mass is 10.0. The SMILES string of the molecule is CO[C@@H]1CN(C(=O)CCn2ccc3ccccc32)C[C@H]1c1cn[nH]n1. The number of carbonyl (C=O) groups excluding carboxylic acids is 1. The number of fused-ring (bicyclic) bond motifs is 1. The predicted octanol–water partition coefficient (Wildman–Crippen LogP) is 1.79. The Kier molecular flexibility index (Phi) is 4.23. The largest absolute Gasteiger partial charge is 0.379 e. The van der Waals surface area contributed by atoms with Gasteiger partial charge in [0.2, 0.25) is 5.91 Å². The molecule has 0 radical (unpaired) electrons. The fourth-order valence-corrected chi connectivity index (χ4v) is 3.60. The summed E-state index contributed by atoms with van der Waals surface area (Å²) in [6.07, 6.45) is 4.18. The molecule has 1 aliphatic rings. The molecule has 0 bridgehead atoms. The van der Waals surface area contributed by atoms with Crippen LogP contribution in [0, 0.1) is 0 Å². The molecule has 7 heteroatoms. The number of nitrogens with one attached hydrogen (secondary N) is 1. The van der Waals surface area contributed by atoms with Crippen molar-refractivity contribution in [1.29, 1.82) is 0 Å².